The number of nitrogens with zero attached hydrogens (tertiary/aromatic N) is 2. The number of rotatable bonds is 2. The number of hydrogen-bond donors (Lipinski definition) is 0. The average Bonchev–Trinajstić information content (AvgIpc) is 2.71. The second kappa shape index (κ2) is 4.33. The van der Waals surface area contributed by atoms with Crippen molar-refractivity contribution < 1.29 is 9.53 Å². The highest BCUT2D eigenvalue weighted by atomic mass is 16.5. The summed E-state index contributed by atoms with van der Waals surface area (Å²) in [4.78, 5) is 16.6. The SMILES string of the molecule is COC(=O)c1cc2c(cc1C)nc(C1(C)CCC1)n2C. The van der Waals surface area contributed by atoms with E-state index in [-0.39, 0.29) is 11.4 Å². The van der Waals surface area contributed by atoms with Gasteiger partial charge < -0.3 is 9.30 Å². The van der Waals surface area contributed by atoms with E-state index in [1.54, 1.807) is 0 Å². The number of methoxy groups -OCH3 is 1. The number of ether oxygens (including phenoxy) is 1. The highest BCUT2D eigenvalue weighted by Gasteiger charge is 2.37. The molecule has 4 heteroatoms. The fourth-order valence-corrected chi connectivity index (χ4v) is 3.14. The van der Waals surface area contributed by atoms with Crippen LogP contribution in [0.2, 0.25) is 0 Å². The predicted octanol–water partition coefficient (Wildman–Crippen LogP) is 3.11. The molecule has 1 aromatic carbocycles. The van der Waals surface area contributed by atoms with Gasteiger partial charge in [0.1, 0.15) is 5.82 Å². The quantitative estimate of drug-likeness (QED) is 0.789. The Hall–Kier alpha value is -1.84. The lowest BCUT2D eigenvalue weighted by Gasteiger charge is -2.37. The minimum Gasteiger partial charge on any atom is -0.465 e. The summed E-state index contributed by atoms with van der Waals surface area (Å²) in [5, 5.41) is 0. The third-order valence-corrected chi connectivity index (χ3v) is 4.63. The summed E-state index contributed by atoms with van der Waals surface area (Å²) in [5.74, 6) is 0.835. The maximum absolute atomic E-state index is 11.8. The van der Waals surface area contributed by atoms with E-state index in [9.17, 15) is 4.79 Å². The molecule has 20 heavy (non-hydrogen) atoms. The van der Waals surface area contributed by atoms with E-state index in [4.69, 9.17) is 9.72 Å². The standard InChI is InChI=1S/C16H20N2O2/c1-10-8-12-13(9-11(10)14(19)20-4)18(3)15(17-12)16(2)6-5-7-16/h8-9H,5-7H2,1-4H3. The number of esters is 1. The molecular weight excluding hydrogens is 252 g/mol. The van der Waals surface area contributed by atoms with Crippen molar-refractivity contribution in [3.63, 3.8) is 0 Å². The van der Waals surface area contributed by atoms with Crippen LogP contribution in [0.1, 0.15) is 47.9 Å². The molecule has 0 radical (unpaired) electrons. The Morgan fingerprint density at radius 2 is 2.10 bits per heavy atom. The van der Waals surface area contributed by atoms with Crippen molar-refractivity contribution >= 4 is 17.0 Å². The first kappa shape index (κ1) is 13.2. The van der Waals surface area contributed by atoms with Crippen molar-refractivity contribution in [1.82, 2.24) is 9.55 Å². The van der Waals surface area contributed by atoms with Gasteiger partial charge in [0.15, 0.2) is 0 Å². The normalized spacial score (nSPS) is 17.0. The average molecular weight is 272 g/mol. The molecule has 1 heterocycles. The minimum absolute atomic E-state index is 0.188. The summed E-state index contributed by atoms with van der Waals surface area (Å²) in [5.41, 5.74) is 3.67. The van der Waals surface area contributed by atoms with Crippen molar-refractivity contribution in [3.05, 3.63) is 29.1 Å². The molecule has 1 aliphatic carbocycles. The van der Waals surface area contributed by atoms with Gasteiger partial charge in [-0.05, 0) is 37.5 Å². The highest BCUT2D eigenvalue weighted by Crippen LogP contribution is 2.43. The molecule has 0 spiro atoms. The largest absolute Gasteiger partial charge is 0.465 e. The molecule has 2 aromatic rings. The fraction of sp³-hybridized carbons (Fsp3) is 0.500. The third kappa shape index (κ3) is 1.74. The lowest BCUT2D eigenvalue weighted by Crippen LogP contribution is -2.33. The Morgan fingerprint density at radius 3 is 2.65 bits per heavy atom. The molecule has 0 bridgehead atoms. The Kier molecular flexibility index (Phi) is 2.85. The van der Waals surface area contributed by atoms with Crippen molar-refractivity contribution in [2.45, 2.75) is 38.5 Å². The van der Waals surface area contributed by atoms with Crippen LogP contribution in [0.4, 0.5) is 0 Å². The molecule has 0 amide bonds. The zero-order valence-corrected chi connectivity index (χ0v) is 12.5. The van der Waals surface area contributed by atoms with E-state index in [0.717, 1.165) is 22.4 Å². The first-order valence-corrected chi connectivity index (χ1v) is 7.02. The lowest BCUT2D eigenvalue weighted by molar-refractivity contribution is 0.0600. The molecule has 0 aliphatic heterocycles. The highest BCUT2D eigenvalue weighted by molar-refractivity contribution is 5.95. The van der Waals surface area contributed by atoms with Crippen LogP contribution in [-0.2, 0) is 17.2 Å². The van der Waals surface area contributed by atoms with Crippen molar-refractivity contribution in [2.24, 2.45) is 7.05 Å². The lowest BCUT2D eigenvalue weighted by atomic mass is 9.70. The van der Waals surface area contributed by atoms with Gasteiger partial charge in [-0.1, -0.05) is 13.3 Å². The van der Waals surface area contributed by atoms with Crippen LogP contribution in [0.5, 0.6) is 0 Å². The van der Waals surface area contributed by atoms with E-state index in [1.807, 2.05) is 26.1 Å². The molecule has 0 saturated heterocycles. The predicted molar refractivity (Wildman–Crippen MR) is 78.0 cm³/mol. The molecule has 0 unspecified atom stereocenters. The number of fused-ring (bicyclic) bond motifs is 1. The van der Waals surface area contributed by atoms with E-state index < -0.39 is 0 Å². The summed E-state index contributed by atoms with van der Waals surface area (Å²) in [7, 11) is 3.45. The van der Waals surface area contributed by atoms with Gasteiger partial charge in [-0.25, -0.2) is 9.78 Å². The summed E-state index contributed by atoms with van der Waals surface area (Å²) in [6.45, 7) is 4.19. The maximum Gasteiger partial charge on any atom is 0.338 e. The van der Waals surface area contributed by atoms with Gasteiger partial charge in [0.25, 0.3) is 0 Å². The number of hydrogen-bond acceptors (Lipinski definition) is 3. The number of imidazole rings is 1. The Bertz CT molecular complexity index is 696. The van der Waals surface area contributed by atoms with E-state index in [2.05, 4.69) is 11.5 Å². The Morgan fingerprint density at radius 1 is 1.40 bits per heavy atom. The monoisotopic (exact) mass is 272 g/mol. The summed E-state index contributed by atoms with van der Waals surface area (Å²) in [6, 6.07) is 3.88. The molecule has 1 aromatic heterocycles. The van der Waals surface area contributed by atoms with Gasteiger partial charge in [0.2, 0.25) is 0 Å². The van der Waals surface area contributed by atoms with Gasteiger partial charge in [0.05, 0.1) is 23.7 Å². The summed E-state index contributed by atoms with van der Waals surface area (Å²) < 4.78 is 6.97. The van der Waals surface area contributed by atoms with Gasteiger partial charge in [-0.2, -0.15) is 0 Å². The first-order valence-electron chi connectivity index (χ1n) is 7.02. The number of carbonyl (C=O) groups is 1. The van der Waals surface area contributed by atoms with Crippen LogP contribution in [-0.4, -0.2) is 22.6 Å². The topological polar surface area (TPSA) is 44.1 Å². The molecule has 3 rings (SSSR count). The summed E-state index contributed by atoms with van der Waals surface area (Å²) >= 11 is 0. The Balaban J connectivity index is 2.19. The molecule has 1 aliphatic rings. The van der Waals surface area contributed by atoms with Crippen molar-refractivity contribution in [2.75, 3.05) is 7.11 Å². The Labute approximate surface area is 118 Å². The van der Waals surface area contributed by atoms with E-state index in [0.29, 0.717) is 5.56 Å². The fourth-order valence-electron chi connectivity index (χ4n) is 3.14. The molecule has 106 valence electrons. The maximum atomic E-state index is 11.8. The number of benzene rings is 1. The zero-order chi connectivity index (χ0) is 14.5. The van der Waals surface area contributed by atoms with Crippen LogP contribution in [0.3, 0.4) is 0 Å². The van der Waals surface area contributed by atoms with Gasteiger partial charge in [-0.3, -0.25) is 0 Å². The first-order chi connectivity index (χ1) is 9.46. The molecular formula is C16H20N2O2. The zero-order valence-electron chi connectivity index (χ0n) is 12.5. The minimum atomic E-state index is -0.290. The van der Waals surface area contributed by atoms with Crippen LogP contribution in [0, 0.1) is 6.92 Å². The van der Waals surface area contributed by atoms with Crippen LogP contribution >= 0.6 is 0 Å². The van der Waals surface area contributed by atoms with Crippen LogP contribution in [0.25, 0.3) is 11.0 Å². The van der Waals surface area contributed by atoms with Gasteiger partial charge in [0, 0.05) is 12.5 Å². The number of carbonyl (C=O) groups excluding carboxylic acids is 1. The summed E-state index contributed by atoms with van der Waals surface area (Å²) in [6.07, 6.45) is 3.64. The smallest absolute Gasteiger partial charge is 0.338 e. The molecule has 0 atom stereocenters. The molecule has 4 nitrogen and oxygen atoms in total. The van der Waals surface area contributed by atoms with E-state index >= 15 is 0 Å². The van der Waals surface area contributed by atoms with E-state index in [1.165, 1.54) is 26.4 Å². The van der Waals surface area contributed by atoms with Crippen LogP contribution in [0.15, 0.2) is 12.1 Å². The van der Waals surface area contributed by atoms with Crippen molar-refractivity contribution in [3.8, 4) is 0 Å². The van der Waals surface area contributed by atoms with Crippen LogP contribution < -0.4 is 0 Å². The third-order valence-electron chi connectivity index (χ3n) is 4.63. The number of aryl methyl sites for hydroxylation is 2. The van der Waals surface area contributed by atoms with Gasteiger partial charge >= 0.3 is 5.97 Å². The second-order valence-corrected chi connectivity index (χ2v) is 6.06. The second-order valence-electron chi connectivity index (χ2n) is 6.06. The number of aromatic nitrogens is 2. The van der Waals surface area contributed by atoms with Gasteiger partial charge in [-0.15, -0.1) is 0 Å². The molecule has 1 saturated carbocycles. The molecule has 1 fully saturated rings. The van der Waals surface area contributed by atoms with Crippen molar-refractivity contribution in [1.29, 1.82) is 0 Å². The molecule has 0 N–H and O–H groups in total.